The average molecular weight is 293 g/mol. The number of hydrogen-bond acceptors (Lipinski definition) is 5. The van der Waals surface area contributed by atoms with Crippen molar-refractivity contribution in [3.63, 3.8) is 0 Å². The maximum absolute atomic E-state index is 12.0. The van der Waals surface area contributed by atoms with Gasteiger partial charge in [0.05, 0.1) is 7.11 Å². The van der Waals surface area contributed by atoms with Crippen LogP contribution in [0.25, 0.3) is 0 Å². The van der Waals surface area contributed by atoms with E-state index in [0.717, 1.165) is 36.4 Å². The minimum atomic E-state index is -0.666. The fourth-order valence-electron chi connectivity index (χ4n) is 2.38. The fraction of sp³-hybridized carbons (Fsp3) is 0.562. The van der Waals surface area contributed by atoms with Crippen molar-refractivity contribution in [2.45, 2.75) is 38.6 Å². The highest BCUT2D eigenvalue weighted by Gasteiger charge is 2.33. The smallest absolute Gasteiger partial charge is 0.325 e. The number of esters is 1. The Bertz CT molecular complexity index is 503. The third-order valence-electron chi connectivity index (χ3n) is 3.75. The predicted octanol–water partition coefficient (Wildman–Crippen LogP) is 2.28. The Morgan fingerprint density at radius 1 is 1.38 bits per heavy atom. The Hall–Kier alpha value is -1.75. The summed E-state index contributed by atoms with van der Waals surface area (Å²) in [6, 6.07) is 5.89. The van der Waals surface area contributed by atoms with Crippen LogP contribution in [-0.2, 0) is 16.0 Å². The molecule has 0 saturated carbocycles. The van der Waals surface area contributed by atoms with E-state index >= 15 is 0 Å². The van der Waals surface area contributed by atoms with E-state index in [-0.39, 0.29) is 12.8 Å². The van der Waals surface area contributed by atoms with Crippen molar-refractivity contribution in [2.24, 2.45) is 0 Å². The molecule has 0 amide bonds. The van der Waals surface area contributed by atoms with Gasteiger partial charge in [-0.15, -0.1) is 0 Å². The Morgan fingerprint density at radius 2 is 2.14 bits per heavy atom. The molecule has 0 aromatic heterocycles. The van der Waals surface area contributed by atoms with Crippen LogP contribution < -0.4 is 14.8 Å². The van der Waals surface area contributed by atoms with Crippen molar-refractivity contribution < 1.29 is 19.0 Å². The van der Waals surface area contributed by atoms with Gasteiger partial charge >= 0.3 is 5.97 Å². The van der Waals surface area contributed by atoms with Gasteiger partial charge in [0.1, 0.15) is 5.54 Å². The van der Waals surface area contributed by atoms with Gasteiger partial charge in [-0.2, -0.15) is 0 Å². The van der Waals surface area contributed by atoms with Crippen LogP contribution in [0.5, 0.6) is 11.5 Å². The summed E-state index contributed by atoms with van der Waals surface area (Å²) in [4.78, 5) is 12.0. The molecule has 1 aliphatic rings. The molecule has 2 rings (SSSR count). The maximum Gasteiger partial charge on any atom is 0.325 e. The number of hydrogen-bond donors (Lipinski definition) is 1. The second-order valence-corrected chi connectivity index (χ2v) is 5.44. The molecule has 0 bridgehead atoms. The SMILES string of the molecule is CCCNC(C)(CCc1ccc2c(c1)OCO2)C(=O)OC. The van der Waals surface area contributed by atoms with E-state index < -0.39 is 5.54 Å². The third kappa shape index (κ3) is 3.67. The Kier molecular flexibility index (Phi) is 5.07. The monoisotopic (exact) mass is 293 g/mol. The van der Waals surface area contributed by atoms with Gasteiger partial charge in [-0.05, 0) is 50.4 Å². The molecule has 5 nitrogen and oxygen atoms in total. The van der Waals surface area contributed by atoms with Gasteiger partial charge in [0.2, 0.25) is 6.79 Å². The number of rotatable bonds is 7. The lowest BCUT2D eigenvalue weighted by atomic mass is 9.93. The lowest BCUT2D eigenvalue weighted by Gasteiger charge is -2.28. The molecule has 0 saturated heterocycles. The first-order valence-corrected chi connectivity index (χ1v) is 7.31. The van der Waals surface area contributed by atoms with Crippen LogP contribution in [0.4, 0.5) is 0 Å². The minimum absolute atomic E-state index is 0.225. The van der Waals surface area contributed by atoms with Crippen molar-refractivity contribution >= 4 is 5.97 Å². The number of nitrogens with one attached hydrogen (secondary N) is 1. The van der Waals surface area contributed by atoms with E-state index in [1.54, 1.807) is 0 Å². The molecule has 5 heteroatoms. The van der Waals surface area contributed by atoms with Crippen molar-refractivity contribution in [3.8, 4) is 11.5 Å². The molecule has 1 N–H and O–H groups in total. The topological polar surface area (TPSA) is 56.8 Å². The summed E-state index contributed by atoms with van der Waals surface area (Å²) in [5.41, 5.74) is 0.453. The minimum Gasteiger partial charge on any atom is -0.468 e. The highest BCUT2D eigenvalue weighted by Crippen LogP contribution is 2.33. The molecule has 0 fully saturated rings. The molecule has 21 heavy (non-hydrogen) atoms. The highest BCUT2D eigenvalue weighted by atomic mass is 16.7. The van der Waals surface area contributed by atoms with E-state index in [1.807, 2.05) is 25.1 Å². The number of carbonyl (C=O) groups excluding carboxylic acids is 1. The lowest BCUT2D eigenvalue weighted by molar-refractivity contribution is -0.148. The number of methoxy groups -OCH3 is 1. The second kappa shape index (κ2) is 6.80. The summed E-state index contributed by atoms with van der Waals surface area (Å²) >= 11 is 0. The summed E-state index contributed by atoms with van der Waals surface area (Å²) in [6.45, 7) is 5.02. The number of carbonyl (C=O) groups is 1. The summed E-state index contributed by atoms with van der Waals surface area (Å²) in [6.07, 6.45) is 2.40. The van der Waals surface area contributed by atoms with Crippen LogP contribution in [0.3, 0.4) is 0 Å². The average Bonchev–Trinajstić information content (AvgIpc) is 2.97. The van der Waals surface area contributed by atoms with Crippen molar-refractivity contribution in [1.82, 2.24) is 5.32 Å². The van der Waals surface area contributed by atoms with Gasteiger partial charge in [0.25, 0.3) is 0 Å². The molecule has 1 aromatic rings. The Balaban J connectivity index is 2.02. The van der Waals surface area contributed by atoms with E-state index in [2.05, 4.69) is 12.2 Å². The summed E-state index contributed by atoms with van der Waals surface area (Å²) in [7, 11) is 1.43. The standard InChI is InChI=1S/C16H23NO4/c1-4-9-17-16(2,15(18)19-3)8-7-12-5-6-13-14(10-12)21-11-20-13/h5-6,10,17H,4,7-9,11H2,1-3H3. The zero-order chi connectivity index (χ0) is 15.3. The van der Waals surface area contributed by atoms with E-state index in [4.69, 9.17) is 14.2 Å². The van der Waals surface area contributed by atoms with E-state index in [9.17, 15) is 4.79 Å². The van der Waals surface area contributed by atoms with Gasteiger partial charge < -0.3 is 19.5 Å². The number of ether oxygens (including phenoxy) is 3. The van der Waals surface area contributed by atoms with Crippen molar-refractivity contribution in [1.29, 1.82) is 0 Å². The zero-order valence-corrected chi connectivity index (χ0v) is 12.9. The summed E-state index contributed by atoms with van der Waals surface area (Å²) < 4.78 is 15.6. The molecule has 1 atom stereocenters. The van der Waals surface area contributed by atoms with Crippen LogP contribution in [0.2, 0.25) is 0 Å². The van der Waals surface area contributed by atoms with Crippen LogP contribution in [0, 0.1) is 0 Å². The molecular formula is C16H23NO4. The maximum atomic E-state index is 12.0. The van der Waals surface area contributed by atoms with Gasteiger partial charge in [0.15, 0.2) is 11.5 Å². The van der Waals surface area contributed by atoms with Gasteiger partial charge in [-0.25, -0.2) is 0 Å². The Labute approximate surface area is 125 Å². The second-order valence-electron chi connectivity index (χ2n) is 5.44. The number of fused-ring (bicyclic) bond motifs is 1. The molecule has 0 aliphatic carbocycles. The quantitative estimate of drug-likeness (QED) is 0.782. The molecular weight excluding hydrogens is 270 g/mol. The normalized spacial score (nSPS) is 15.6. The molecule has 1 unspecified atom stereocenters. The molecule has 116 valence electrons. The number of benzene rings is 1. The van der Waals surface area contributed by atoms with Gasteiger partial charge in [-0.1, -0.05) is 13.0 Å². The van der Waals surface area contributed by atoms with E-state index in [0.29, 0.717) is 6.42 Å². The molecule has 0 radical (unpaired) electrons. The van der Waals surface area contributed by atoms with Crippen molar-refractivity contribution in [2.75, 3.05) is 20.4 Å². The Morgan fingerprint density at radius 3 is 2.86 bits per heavy atom. The summed E-state index contributed by atoms with van der Waals surface area (Å²) in [5, 5.41) is 3.29. The zero-order valence-electron chi connectivity index (χ0n) is 12.9. The first-order valence-electron chi connectivity index (χ1n) is 7.31. The highest BCUT2D eigenvalue weighted by molar-refractivity contribution is 5.80. The molecule has 1 heterocycles. The third-order valence-corrected chi connectivity index (χ3v) is 3.75. The number of aryl methyl sites for hydroxylation is 1. The van der Waals surface area contributed by atoms with Crippen molar-refractivity contribution in [3.05, 3.63) is 23.8 Å². The van der Waals surface area contributed by atoms with Crippen LogP contribution in [0.15, 0.2) is 18.2 Å². The van der Waals surface area contributed by atoms with Gasteiger partial charge in [-0.3, -0.25) is 4.79 Å². The molecule has 1 aromatic carbocycles. The van der Waals surface area contributed by atoms with Crippen LogP contribution in [0.1, 0.15) is 32.3 Å². The first kappa shape index (κ1) is 15.6. The molecule has 0 spiro atoms. The van der Waals surface area contributed by atoms with E-state index in [1.165, 1.54) is 7.11 Å². The molecule has 1 aliphatic heterocycles. The lowest BCUT2D eigenvalue weighted by Crippen LogP contribution is -2.50. The predicted molar refractivity (Wildman–Crippen MR) is 79.6 cm³/mol. The van der Waals surface area contributed by atoms with Crippen LogP contribution in [-0.4, -0.2) is 32.0 Å². The van der Waals surface area contributed by atoms with Crippen LogP contribution >= 0.6 is 0 Å². The van der Waals surface area contributed by atoms with Gasteiger partial charge in [0, 0.05) is 0 Å². The first-order chi connectivity index (χ1) is 10.1. The summed E-state index contributed by atoms with van der Waals surface area (Å²) in [5.74, 6) is 1.32. The largest absolute Gasteiger partial charge is 0.468 e. The fourth-order valence-corrected chi connectivity index (χ4v) is 2.38.